The van der Waals surface area contributed by atoms with Crippen LogP contribution in [0.25, 0.3) is 0 Å². The number of benzene rings is 1. The van der Waals surface area contributed by atoms with Crippen LogP contribution in [0.5, 0.6) is 0 Å². The Morgan fingerprint density at radius 1 is 1.19 bits per heavy atom. The number of allylic oxidation sites excluding steroid dienone is 1. The second-order valence-corrected chi connectivity index (χ2v) is 6.74. The van der Waals surface area contributed by atoms with E-state index >= 15 is 0 Å². The first-order valence-electron chi connectivity index (χ1n) is 6.35. The second kappa shape index (κ2) is 7.73. The van der Waals surface area contributed by atoms with Crippen LogP contribution in [0, 0.1) is 0 Å². The molecule has 2 rings (SSSR count). The van der Waals surface area contributed by atoms with Gasteiger partial charge in [0.1, 0.15) is 0 Å². The van der Waals surface area contributed by atoms with Gasteiger partial charge in [0.15, 0.2) is 0 Å². The Kier molecular flexibility index (Phi) is 5.96. The number of carbonyl (C=O) groups excluding carboxylic acids is 2. The number of rotatable bonds is 5. The first-order chi connectivity index (χ1) is 10.1. The summed E-state index contributed by atoms with van der Waals surface area (Å²) in [6, 6.07) is 9.56. The van der Waals surface area contributed by atoms with Crippen LogP contribution in [0.3, 0.4) is 0 Å². The molecule has 7 heteroatoms. The Morgan fingerprint density at radius 2 is 1.90 bits per heavy atom. The first-order valence-corrected chi connectivity index (χ1v) is 7.99. The molecular weight excluding hydrogens is 331 g/mol. The van der Waals surface area contributed by atoms with Crippen LogP contribution in [0.2, 0.25) is 0 Å². The minimum Gasteiger partial charge on any atom is -0.350 e. The lowest BCUT2D eigenvalue weighted by molar-refractivity contribution is -0.125. The number of hydrogen-bond acceptors (Lipinski definition) is 3. The third kappa shape index (κ3) is 4.95. The van der Waals surface area contributed by atoms with Gasteiger partial charge in [-0.2, -0.15) is 0 Å². The third-order valence-corrected chi connectivity index (χ3v) is 5.04. The average Bonchev–Trinajstić information content (AvgIpc) is 2.83. The molecule has 2 N–H and O–H groups in total. The zero-order valence-electron chi connectivity index (χ0n) is 11.1. The van der Waals surface area contributed by atoms with E-state index in [1.807, 2.05) is 30.3 Å². The van der Waals surface area contributed by atoms with Crippen molar-refractivity contribution in [2.75, 3.05) is 6.54 Å². The quantitative estimate of drug-likeness (QED) is 0.862. The van der Waals surface area contributed by atoms with Crippen molar-refractivity contribution in [3.05, 3.63) is 45.3 Å². The fraction of sp³-hybridized carbons (Fsp3) is 0.286. The van der Waals surface area contributed by atoms with Crippen LogP contribution < -0.4 is 10.6 Å². The number of hydrogen-bond donors (Lipinski definition) is 2. The molecule has 0 bridgehead atoms. The van der Waals surface area contributed by atoms with E-state index in [-0.39, 0.29) is 23.6 Å². The van der Waals surface area contributed by atoms with E-state index in [1.165, 1.54) is 11.8 Å². The molecule has 112 valence electrons. The van der Waals surface area contributed by atoms with Crippen LogP contribution in [-0.4, -0.2) is 23.6 Å². The summed E-state index contributed by atoms with van der Waals surface area (Å²) in [6.07, 6.45) is 0.405. The second-order valence-electron chi connectivity index (χ2n) is 4.47. The summed E-state index contributed by atoms with van der Waals surface area (Å²) in [5, 5.41) is 5.47. The Bertz CT molecular complexity index is 549. The Morgan fingerprint density at radius 3 is 2.52 bits per heavy atom. The molecule has 0 saturated carbocycles. The van der Waals surface area contributed by atoms with E-state index in [4.69, 9.17) is 23.2 Å². The predicted octanol–water partition coefficient (Wildman–Crippen LogP) is 2.57. The third-order valence-electron chi connectivity index (χ3n) is 2.87. The molecule has 0 radical (unpaired) electrons. The number of nitrogens with one attached hydrogen (secondary N) is 2. The number of thioether (sulfide) groups is 1. The molecule has 0 aromatic heterocycles. The number of amides is 2. The summed E-state index contributed by atoms with van der Waals surface area (Å²) >= 11 is 12.9. The predicted molar refractivity (Wildman–Crippen MR) is 86.0 cm³/mol. The highest BCUT2D eigenvalue weighted by Gasteiger charge is 2.29. The van der Waals surface area contributed by atoms with E-state index < -0.39 is 0 Å². The summed E-state index contributed by atoms with van der Waals surface area (Å²) in [5.41, 5.74) is 1.01. The van der Waals surface area contributed by atoms with Gasteiger partial charge in [0.05, 0.1) is 16.2 Å². The van der Waals surface area contributed by atoms with Crippen LogP contribution in [-0.2, 0) is 16.1 Å². The lowest BCUT2D eigenvalue weighted by atomic mass is 10.2. The smallest absolute Gasteiger partial charge is 0.239 e. The van der Waals surface area contributed by atoms with Crippen molar-refractivity contribution in [1.82, 2.24) is 10.6 Å². The molecule has 0 spiro atoms. The van der Waals surface area contributed by atoms with Gasteiger partial charge < -0.3 is 10.6 Å². The van der Waals surface area contributed by atoms with Crippen molar-refractivity contribution in [2.24, 2.45) is 0 Å². The van der Waals surface area contributed by atoms with Crippen molar-refractivity contribution in [1.29, 1.82) is 0 Å². The molecule has 1 aliphatic heterocycles. The lowest BCUT2D eigenvalue weighted by Crippen LogP contribution is -2.40. The molecule has 2 amide bonds. The summed E-state index contributed by atoms with van der Waals surface area (Å²) in [4.78, 5) is 23.5. The maximum atomic E-state index is 11.9. The highest BCUT2D eigenvalue weighted by atomic mass is 35.5. The van der Waals surface area contributed by atoms with Crippen LogP contribution in [0.4, 0.5) is 0 Å². The van der Waals surface area contributed by atoms with Crippen LogP contribution >= 0.6 is 35.0 Å². The molecule has 1 atom stereocenters. The van der Waals surface area contributed by atoms with Gasteiger partial charge >= 0.3 is 0 Å². The average molecular weight is 345 g/mol. The minimum atomic E-state index is -0.355. The van der Waals surface area contributed by atoms with Crippen molar-refractivity contribution < 1.29 is 9.59 Å². The van der Waals surface area contributed by atoms with Gasteiger partial charge in [0, 0.05) is 18.0 Å². The summed E-state index contributed by atoms with van der Waals surface area (Å²) in [6.45, 7) is 0.380. The van der Waals surface area contributed by atoms with Gasteiger partial charge in [-0.1, -0.05) is 65.3 Å². The zero-order chi connectivity index (χ0) is 15.2. The van der Waals surface area contributed by atoms with Gasteiger partial charge in [-0.15, -0.1) is 0 Å². The fourth-order valence-corrected chi connectivity index (χ4v) is 3.44. The zero-order valence-corrected chi connectivity index (χ0v) is 13.4. The monoisotopic (exact) mass is 344 g/mol. The minimum absolute atomic E-state index is 0.0576. The normalized spacial score (nSPS) is 17.7. The van der Waals surface area contributed by atoms with Crippen molar-refractivity contribution in [3.63, 3.8) is 0 Å². The standard InChI is InChI=1S/C14H14Cl2N2O2S/c15-10-6-11(21-13(10)16)14(20)18-8-12(19)17-7-9-4-2-1-3-5-9/h1-5,11H,6-8H2,(H,17,19)(H,18,20). The maximum absolute atomic E-state index is 11.9. The molecule has 21 heavy (non-hydrogen) atoms. The Hall–Kier alpha value is -1.17. The van der Waals surface area contributed by atoms with Gasteiger partial charge in [-0.3, -0.25) is 9.59 Å². The fourth-order valence-electron chi connectivity index (χ4n) is 1.76. The highest BCUT2D eigenvalue weighted by molar-refractivity contribution is 8.06. The van der Waals surface area contributed by atoms with Crippen molar-refractivity contribution in [3.8, 4) is 0 Å². The topological polar surface area (TPSA) is 58.2 Å². The molecule has 0 fully saturated rings. The van der Waals surface area contributed by atoms with Crippen molar-refractivity contribution >= 4 is 46.8 Å². The van der Waals surface area contributed by atoms with E-state index in [1.54, 1.807) is 0 Å². The Labute approximate surface area is 137 Å². The van der Waals surface area contributed by atoms with E-state index in [0.717, 1.165) is 5.56 Å². The van der Waals surface area contributed by atoms with Crippen molar-refractivity contribution in [2.45, 2.75) is 18.2 Å². The summed E-state index contributed by atoms with van der Waals surface area (Å²) < 4.78 is 0.449. The SMILES string of the molecule is O=C(CNC(=O)C1CC(Cl)=C(Cl)S1)NCc1ccccc1. The van der Waals surface area contributed by atoms with Crippen LogP contribution in [0.1, 0.15) is 12.0 Å². The van der Waals surface area contributed by atoms with Crippen LogP contribution in [0.15, 0.2) is 39.7 Å². The van der Waals surface area contributed by atoms with Gasteiger partial charge in [-0.05, 0) is 5.56 Å². The summed E-state index contributed by atoms with van der Waals surface area (Å²) in [5.74, 6) is -0.469. The van der Waals surface area contributed by atoms with E-state index in [0.29, 0.717) is 22.4 Å². The first kappa shape index (κ1) is 16.2. The molecule has 4 nitrogen and oxygen atoms in total. The largest absolute Gasteiger partial charge is 0.350 e. The molecule has 0 aliphatic carbocycles. The van der Waals surface area contributed by atoms with Gasteiger partial charge in [0.2, 0.25) is 11.8 Å². The van der Waals surface area contributed by atoms with E-state index in [2.05, 4.69) is 10.6 Å². The number of carbonyl (C=O) groups is 2. The maximum Gasteiger partial charge on any atom is 0.239 e. The molecule has 1 aromatic carbocycles. The molecule has 1 unspecified atom stereocenters. The highest BCUT2D eigenvalue weighted by Crippen LogP contribution is 2.41. The molecular formula is C14H14Cl2N2O2S. The lowest BCUT2D eigenvalue weighted by Gasteiger charge is -2.10. The van der Waals surface area contributed by atoms with Gasteiger partial charge in [0.25, 0.3) is 0 Å². The molecule has 0 saturated heterocycles. The van der Waals surface area contributed by atoms with E-state index in [9.17, 15) is 9.59 Å². The summed E-state index contributed by atoms with van der Waals surface area (Å²) in [7, 11) is 0. The van der Waals surface area contributed by atoms with Gasteiger partial charge in [-0.25, -0.2) is 0 Å². The molecule has 1 heterocycles. The molecule has 1 aromatic rings. The molecule has 1 aliphatic rings. The Balaban J connectivity index is 1.69. The number of halogens is 2.